The van der Waals surface area contributed by atoms with Crippen LogP contribution in [0.2, 0.25) is 10.0 Å². The van der Waals surface area contributed by atoms with Gasteiger partial charge in [-0.25, -0.2) is 8.42 Å². The van der Waals surface area contributed by atoms with Gasteiger partial charge in [0.2, 0.25) is 15.9 Å². The first-order valence-corrected chi connectivity index (χ1v) is 11.6. The van der Waals surface area contributed by atoms with Gasteiger partial charge >= 0.3 is 0 Å². The highest BCUT2D eigenvalue weighted by molar-refractivity contribution is 7.92. The summed E-state index contributed by atoms with van der Waals surface area (Å²) >= 11 is 12.0. The molecule has 0 bridgehead atoms. The molecule has 6 nitrogen and oxygen atoms in total. The Hall–Kier alpha value is -1.96. The van der Waals surface area contributed by atoms with Gasteiger partial charge in [0.05, 0.1) is 35.1 Å². The van der Waals surface area contributed by atoms with Gasteiger partial charge in [0.1, 0.15) is 11.8 Å². The summed E-state index contributed by atoms with van der Waals surface area (Å²) in [6.07, 6.45) is 1.31. The molecule has 0 spiro atoms. The molecule has 158 valence electrons. The van der Waals surface area contributed by atoms with E-state index < -0.39 is 22.0 Å². The van der Waals surface area contributed by atoms with Crippen molar-refractivity contribution < 1.29 is 17.9 Å². The van der Waals surface area contributed by atoms with Gasteiger partial charge in [-0.1, -0.05) is 48.3 Å². The second kappa shape index (κ2) is 9.69. The third kappa shape index (κ3) is 5.56. The number of benzene rings is 2. The second-order valence-corrected chi connectivity index (χ2v) is 9.23. The van der Waals surface area contributed by atoms with E-state index in [1.165, 1.54) is 18.2 Å². The van der Waals surface area contributed by atoms with Gasteiger partial charge in [0, 0.05) is 5.56 Å². The molecule has 0 heterocycles. The van der Waals surface area contributed by atoms with E-state index in [2.05, 4.69) is 5.32 Å². The molecule has 0 unspecified atom stereocenters. The average molecular weight is 459 g/mol. The number of methoxy groups -OCH3 is 1. The first-order valence-electron chi connectivity index (χ1n) is 8.97. The van der Waals surface area contributed by atoms with Crippen LogP contribution in [-0.2, 0) is 14.8 Å². The van der Waals surface area contributed by atoms with Crippen LogP contribution in [-0.4, -0.2) is 33.7 Å². The predicted octanol–water partition coefficient (Wildman–Crippen LogP) is 4.42. The molecule has 1 N–H and O–H groups in total. The molecule has 0 aliphatic carbocycles. The van der Waals surface area contributed by atoms with Crippen molar-refractivity contribution in [2.75, 3.05) is 17.7 Å². The second-order valence-electron chi connectivity index (χ2n) is 6.55. The van der Waals surface area contributed by atoms with E-state index in [1.54, 1.807) is 20.1 Å². The summed E-state index contributed by atoms with van der Waals surface area (Å²) in [6, 6.07) is 10.4. The SMILES string of the molecule is CC[C@@H](C(=O)N[C@@H](C)c1ccccc1OC)N(c1ccc(Cl)c(Cl)c1)S(C)(=O)=O. The monoisotopic (exact) mass is 458 g/mol. The number of amides is 1. The van der Waals surface area contributed by atoms with Crippen molar-refractivity contribution in [2.45, 2.75) is 32.4 Å². The Morgan fingerprint density at radius 2 is 1.83 bits per heavy atom. The van der Waals surface area contributed by atoms with E-state index in [4.69, 9.17) is 27.9 Å². The molecule has 2 aromatic rings. The summed E-state index contributed by atoms with van der Waals surface area (Å²) < 4.78 is 31.5. The van der Waals surface area contributed by atoms with Crippen molar-refractivity contribution >= 4 is 44.8 Å². The van der Waals surface area contributed by atoms with Gasteiger partial charge in [-0.05, 0) is 37.6 Å². The van der Waals surface area contributed by atoms with Crippen LogP contribution in [0.4, 0.5) is 5.69 Å². The zero-order valence-corrected chi connectivity index (χ0v) is 19.0. The van der Waals surface area contributed by atoms with Crippen molar-refractivity contribution in [1.82, 2.24) is 5.32 Å². The van der Waals surface area contributed by atoms with Crippen LogP contribution in [0.5, 0.6) is 5.75 Å². The molecule has 0 aromatic heterocycles. The minimum Gasteiger partial charge on any atom is -0.496 e. The zero-order chi connectivity index (χ0) is 21.8. The third-order valence-electron chi connectivity index (χ3n) is 4.45. The first-order chi connectivity index (χ1) is 13.6. The molecule has 29 heavy (non-hydrogen) atoms. The summed E-state index contributed by atoms with van der Waals surface area (Å²) in [7, 11) is -2.22. The van der Waals surface area contributed by atoms with E-state index in [0.717, 1.165) is 16.1 Å². The van der Waals surface area contributed by atoms with E-state index in [-0.39, 0.29) is 23.2 Å². The molecular weight excluding hydrogens is 435 g/mol. The molecule has 2 aromatic carbocycles. The maximum absolute atomic E-state index is 13.1. The number of halogens is 2. The van der Waals surface area contributed by atoms with Crippen LogP contribution in [0.25, 0.3) is 0 Å². The normalized spacial score (nSPS) is 13.4. The molecule has 0 radical (unpaired) electrons. The first kappa shape index (κ1) is 23.3. The Morgan fingerprint density at radius 1 is 1.17 bits per heavy atom. The molecule has 1 amide bonds. The predicted molar refractivity (Wildman–Crippen MR) is 117 cm³/mol. The van der Waals surface area contributed by atoms with Crippen molar-refractivity contribution in [3.8, 4) is 5.75 Å². The number of hydrogen-bond donors (Lipinski definition) is 1. The highest BCUT2D eigenvalue weighted by Crippen LogP contribution is 2.31. The largest absolute Gasteiger partial charge is 0.496 e. The van der Waals surface area contributed by atoms with Gasteiger partial charge in [-0.15, -0.1) is 0 Å². The summed E-state index contributed by atoms with van der Waals surface area (Å²) in [5.41, 5.74) is 1.06. The molecule has 0 aliphatic rings. The smallest absolute Gasteiger partial charge is 0.244 e. The summed E-state index contributed by atoms with van der Waals surface area (Å²) in [6.45, 7) is 3.56. The van der Waals surface area contributed by atoms with Crippen LogP contribution in [0, 0.1) is 0 Å². The van der Waals surface area contributed by atoms with Gasteiger partial charge in [-0.3, -0.25) is 9.10 Å². The Bertz CT molecular complexity index is 982. The Kier molecular flexibility index (Phi) is 7.80. The molecule has 2 rings (SSSR count). The molecule has 0 saturated heterocycles. The Labute approximate surface area is 181 Å². The number of anilines is 1. The number of carbonyl (C=O) groups excluding carboxylic acids is 1. The van der Waals surface area contributed by atoms with Crippen LogP contribution >= 0.6 is 23.2 Å². The molecule has 0 aliphatic heterocycles. The van der Waals surface area contributed by atoms with Gasteiger partial charge < -0.3 is 10.1 Å². The zero-order valence-electron chi connectivity index (χ0n) is 16.6. The number of sulfonamides is 1. The van der Waals surface area contributed by atoms with Crippen LogP contribution in [0.15, 0.2) is 42.5 Å². The highest BCUT2D eigenvalue weighted by Gasteiger charge is 2.32. The Morgan fingerprint density at radius 3 is 2.38 bits per heavy atom. The maximum atomic E-state index is 13.1. The topological polar surface area (TPSA) is 75.7 Å². The average Bonchev–Trinajstić information content (AvgIpc) is 2.67. The molecule has 0 fully saturated rings. The summed E-state index contributed by atoms with van der Waals surface area (Å²) in [4.78, 5) is 13.1. The lowest BCUT2D eigenvalue weighted by Gasteiger charge is -2.31. The van der Waals surface area contributed by atoms with E-state index in [0.29, 0.717) is 10.8 Å². The lowest BCUT2D eigenvalue weighted by molar-refractivity contribution is -0.122. The third-order valence-corrected chi connectivity index (χ3v) is 6.37. The van der Waals surface area contributed by atoms with Crippen molar-refractivity contribution in [1.29, 1.82) is 0 Å². The minimum atomic E-state index is -3.77. The lowest BCUT2D eigenvalue weighted by atomic mass is 10.1. The fourth-order valence-electron chi connectivity index (χ4n) is 3.09. The van der Waals surface area contributed by atoms with E-state index >= 15 is 0 Å². The molecule has 2 atom stereocenters. The van der Waals surface area contributed by atoms with Gasteiger partial charge in [-0.2, -0.15) is 0 Å². The number of nitrogens with one attached hydrogen (secondary N) is 1. The van der Waals surface area contributed by atoms with Crippen LogP contribution < -0.4 is 14.4 Å². The van der Waals surface area contributed by atoms with Crippen LogP contribution in [0.1, 0.15) is 31.9 Å². The standard InChI is InChI=1S/C20H24Cl2N2O4S/c1-5-18(20(25)23-13(2)15-8-6-7-9-19(15)28-3)24(29(4,26)27)14-10-11-16(21)17(22)12-14/h6-13,18H,5H2,1-4H3,(H,23,25)/t13-,18-/m0/s1. The van der Waals surface area contributed by atoms with E-state index in [1.807, 2.05) is 25.1 Å². The molecular formula is C20H24Cl2N2O4S. The number of hydrogen-bond acceptors (Lipinski definition) is 4. The van der Waals surface area contributed by atoms with Crippen molar-refractivity contribution in [3.63, 3.8) is 0 Å². The highest BCUT2D eigenvalue weighted by atomic mass is 35.5. The summed E-state index contributed by atoms with van der Waals surface area (Å²) in [5.74, 6) is 0.209. The fraction of sp³-hybridized carbons (Fsp3) is 0.350. The minimum absolute atomic E-state index is 0.204. The number of para-hydroxylation sites is 1. The quantitative estimate of drug-likeness (QED) is 0.634. The fourth-order valence-corrected chi connectivity index (χ4v) is 4.59. The van der Waals surface area contributed by atoms with Gasteiger partial charge in [0.15, 0.2) is 0 Å². The Balaban J connectivity index is 2.36. The number of carbonyl (C=O) groups is 1. The van der Waals surface area contributed by atoms with Gasteiger partial charge in [0.25, 0.3) is 0 Å². The van der Waals surface area contributed by atoms with Crippen molar-refractivity contribution in [3.05, 3.63) is 58.1 Å². The van der Waals surface area contributed by atoms with Crippen molar-refractivity contribution in [2.24, 2.45) is 0 Å². The lowest BCUT2D eigenvalue weighted by Crippen LogP contribution is -2.49. The molecule has 9 heteroatoms. The number of nitrogens with zero attached hydrogens (tertiary/aromatic N) is 1. The summed E-state index contributed by atoms with van der Waals surface area (Å²) in [5, 5.41) is 3.39. The number of ether oxygens (including phenoxy) is 1. The van der Waals surface area contributed by atoms with Crippen LogP contribution in [0.3, 0.4) is 0 Å². The molecule has 0 saturated carbocycles. The van der Waals surface area contributed by atoms with E-state index in [9.17, 15) is 13.2 Å². The maximum Gasteiger partial charge on any atom is 0.244 e. The number of rotatable bonds is 8.